The quantitative estimate of drug-likeness (QED) is 0.254. The normalized spacial score (nSPS) is 12.0. The van der Waals surface area contributed by atoms with Gasteiger partial charge in [0, 0.05) is 29.2 Å². The number of carbonyl (C=O) groups excluding carboxylic acids is 1. The number of hydrogen-bond acceptors (Lipinski definition) is 6. The molecule has 0 saturated carbocycles. The Morgan fingerprint density at radius 2 is 1.67 bits per heavy atom. The minimum absolute atomic E-state index is 0.127. The molecule has 0 aliphatic carbocycles. The van der Waals surface area contributed by atoms with Crippen molar-refractivity contribution in [1.82, 2.24) is 0 Å². The molecule has 30 heavy (non-hydrogen) atoms. The average Bonchev–Trinajstić information content (AvgIpc) is 2.62. The third-order valence-corrected chi connectivity index (χ3v) is 4.63. The Morgan fingerprint density at radius 1 is 1.00 bits per heavy atom. The number of phenolic OH excluding ortho intramolecular Hbond substituents is 5. The van der Waals surface area contributed by atoms with Crippen molar-refractivity contribution in [2.45, 2.75) is 27.2 Å². The molecule has 6 heteroatoms. The summed E-state index contributed by atoms with van der Waals surface area (Å²) in [6, 6.07) is 4.90. The smallest absolute Gasteiger partial charge is 0.193 e. The summed E-state index contributed by atoms with van der Waals surface area (Å²) < 4.78 is 0. The zero-order chi connectivity index (χ0) is 22.6. The minimum atomic E-state index is -0.715. The zero-order valence-corrected chi connectivity index (χ0v) is 17.2. The maximum Gasteiger partial charge on any atom is 0.193 e. The minimum Gasteiger partial charge on any atom is -0.508 e. The molecule has 0 fully saturated rings. The van der Waals surface area contributed by atoms with E-state index in [0.717, 1.165) is 29.4 Å². The van der Waals surface area contributed by atoms with Gasteiger partial charge in [-0.3, -0.25) is 4.79 Å². The molecular weight excluding hydrogens is 384 g/mol. The van der Waals surface area contributed by atoms with Crippen LogP contribution in [0.4, 0.5) is 0 Å². The molecule has 158 valence electrons. The molecule has 2 aromatic rings. The Labute approximate surface area is 175 Å². The van der Waals surface area contributed by atoms with Crippen molar-refractivity contribution in [3.63, 3.8) is 0 Å². The number of benzene rings is 2. The van der Waals surface area contributed by atoms with Gasteiger partial charge < -0.3 is 25.5 Å². The van der Waals surface area contributed by atoms with E-state index in [1.807, 2.05) is 26.8 Å². The first kappa shape index (κ1) is 22.6. The van der Waals surface area contributed by atoms with Crippen LogP contribution in [0.2, 0.25) is 0 Å². The molecule has 0 radical (unpaired) electrons. The second kappa shape index (κ2) is 9.22. The number of hydrogen-bond donors (Lipinski definition) is 5. The Kier molecular flexibility index (Phi) is 6.95. The van der Waals surface area contributed by atoms with Gasteiger partial charge in [-0.15, -0.1) is 0 Å². The van der Waals surface area contributed by atoms with E-state index in [9.17, 15) is 30.3 Å². The van der Waals surface area contributed by atoms with Crippen LogP contribution in [0.5, 0.6) is 28.7 Å². The van der Waals surface area contributed by atoms with E-state index in [2.05, 4.69) is 6.58 Å². The molecule has 2 rings (SSSR count). The van der Waals surface area contributed by atoms with Gasteiger partial charge in [-0.25, -0.2) is 0 Å². The third kappa shape index (κ3) is 5.23. The van der Waals surface area contributed by atoms with Crippen LogP contribution < -0.4 is 0 Å². The van der Waals surface area contributed by atoms with Gasteiger partial charge in [0.1, 0.15) is 34.3 Å². The van der Waals surface area contributed by atoms with Crippen molar-refractivity contribution in [2.24, 2.45) is 5.92 Å². The summed E-state index contributed by atoms with van der Waals surface area (Å²) in [5.41, 5.74) is 1.90. The van der Waals surface area contributed by atoms with Gasteiger partial charge in [0.05, 0.1) is 0 Å². The van der Waals surface area contributed by atoms with Crippen LogP contribution in [-0.2, 0) is 6.42 Å². The first-order chi connectivity index (χ1) is 14.0. The van der Waals surface area contributed by atoms with Gasteiger partial charge in [-0.05, 0) is 51.5 Å². The molecular formula is C24H26O6. The van der Waals surface area contributed by atoms with E-state index in [1.54, 1.807) is 0 Å². The van der Waals surface area contributed by atoms with Crippen LogP contribution in [0.1, 0.15) is 42.3 Å². The number of allylic oxidation sites excluding steroid dienone is 4. The van der Waals surface area contributed by atoms with E-state index in [4.69, 9.17) is 0 Å². The topological polar surface area (TPSA) is 118 Å². The molecule has 0 aliphatic rings. The first-order valence-electron chi connectivity index (χ1n) is 9.32. The maximum absolute atomic E-state index is 12.6. The van der Waals surface area contributed by atoms with Crippen molar-refractivity contribution in [3.8, 4) is 28.7 Å². The molecule has 0 amide bonds. The van der Waals surface area contributed by atoms with Crippen LogP contribution in [0, 0.1) is 5.92 Å². The molecule has 2 aromatic carbocycles. The predicted molar refractivity (Wildman–Crippen MR) is 116 cm³/mol. The second-order valence-electron chi connectivity index (χ2n) is 7.46. The highest BCUT2D eigenvalue weighted by Crippen LogP contribution is 2.40. The lowest BCUT2D eigenvalue weighted by molar-refractivity contribution is 0.104. The Hall–Kier alpha value is -3.67. The summed E-state index contributed by atoms with van der Waals surface area (Å²) >= 11 is 0. The van der Waals surface area contributed by atoms with Gasteiger partial charge in [-0.1, -0.05) is 23.8 Å². The number of phenols is 5. The number of rotatable bonds is 7. The van der Waals surface area contributed by atoms with Crippen LogP contribution in [0.15, 0.2) is 54.1 Å². The fraction of sp³-hybridized carbons (Fsp3) is 0.208. The largest absolute Gasteiger partial charge is 0.508 e. The SMILES string of the molecule is C=C(C)C(C=C(C)C)Cc1c(O)cc(O)c(C(=O)C=Cc2ccc(O)cc2O)c1O. The third-order valence-electron chi connectivity index (χ3n) is 4.63. The van der Waals surface area contributed by atoms with Crippen molar-refractivity contribution in [1.29, 1.82) is 0 Å². The van der Waals surface area contributed by atoms with Crippen LogP contribution >= 0.6 is 0 Å². The Morgan fingerprint density at radius 3 is 2.23 bits per heavy atom. The molecule has 0 heterocycles. The summed E-state index contributed by atoms with van der Waals surface area (Å²) in [5.74, 6) is -2.65. The van der Waals surface area contributed by atoms with Gasteiger partial charge >= 0.3 is 0 Å². The van der Waals surface area contributed by atoms with Gasteiger partial charge in [-0.2, -0.15) is 0 Å². The molecule has 0 spiro atoms. The van der Waals surface area contributed by atoms with E-state index < -0.39 is 17.3 Å². The van der Waals surface area contributed by atoms with Gasteiger partial charge in [0.15, 0.2) is 5.78 Å². The first-order valence-corrected chi connectivity index (χ1v) is 9.32. The van der Waals surface area contributed by atoms with Gasteiger partial charge in [0.2, 0.25) is 0 Å². The fourth-order valence-electron chi connectivity index (χ4n) is 3.05. The predicted octanol–water partition coefficient (Wildman–Crippen LogP) is 4.81. The molecule has 5 N–H and O–H groups in total. The van der Waals surface area contributed by atoms with Crippen molar-refractivity contribution in [2.75, 3.05) is 0 Å². The highest BCUT2D eigenvalue weighted by molar-refractivity contribution is 6.11. The van der Waals surface area contributed by atoms with E-state index >= 15 is 0 Å². The highest BCUT2D eigenvalue weighted by atomic mass is 16.3. The zero-order valence-electron chi connectivity index (χ0n) is 17.2. The Balaban J connectivity index is 2.44. The van der Waals surface area contributed by atoms with Crippen LogP contribution in [0.3, 0.4) is 0 Å². The standard InChI is InChI=1S/C24H26O6/c1-13(2)9-16(14(3)4)10-18-21(28)12-22(29)23(24(18)30)19(26)8-6-15-5-7-17(25)11-20(15)27/h5-9,11-12,16,25,27-30H,3,10H2,1-2,4H3. The lowest BCUT2D eigenvalue weighted by Gasteiger charge is -2.17. The molecule has 1 atom stereocenters. The lowest BCUT2D eigenvalue weighted by atomic mass is 9.89. The molecule has 1 unspecified atom stereocenters. The number of ketones is 1. The maximum atomic E-state index is 12.6. The van der Waals surface area contributed by atoms with Crippen molar-refractivity contribution in [3.05, 3.63) is 70.8 Å². The number of aromatic hydroxyl groups is 5. The molecule has 0 aromatic heterocycles. The van der Waals surface area contributed by atoms with Crippen molar-refractivity contribution < 1.29 is 30.3 Å². The summed E-state index contributed by atoms with van der Waals surface area (Å²) in [6.45, 7) is 9.61. The van der Waals surface area contributed by atoms with E-state index in [-0.39, 0.29) is 46.3 Å². The van der Waals surface area contributed by atoms with Crippen LogP contribution in [-0.4, -0.2) is 31.3 Å². The lowest BCUT2D eigenvalue weighted by Crippen LogP contribution is -2.06. The molecule has 6 nitrogen and oxygen atoms in total. The second-order valence-corrected chi connectivity index (χ2v) is 7.46. The summed E-state index contributed by atoms with van der Waals surface area (Å²) in [7, 11) is 0. The summed E-state index contributed by atoms with van der Waals surface area (Å²) in [4.78, 5) is 12.6. The monoisotopic (exact) mass is 410 g/mol. The fourth-order valence-corrected chi connectivity index (χ4v) is 3.05. The van der Waals surface area contributed by atoms with E-state index in [0.29, 0.717) is 0 Å². The van der Waals surface area contributed by atoms with E-state index in [1.165, 1.54) is 18.2 Å². The average molecular weight is 410 g/mol. The molecule has 0 saturated heterocycles. The molecule has 0 aliphatic heterocycles. The molecule has 0 bridgehead atoms. The summed E-state index contributed by atoms with van der Waals surface area (Å²) in [5, 5.41) is 50.2. The highest BCUT2D eigenvalue weighted by Gasteiger charge is 2.23. The van der Waals surface area contributed by atoms with Crippen molar-refractivity contribution >= 4 is 11.9 Å². The van der Waals surface area contributed by atoms with Gasteiger partial charge in [0.25, 0.3) is 0 Å². The summed E-state index contributed by atoms with van der Waals surface area (Å²) in [6.07, 6.45) is 4.51. The Bertz CT molecular complexity index is 1040. The van der Waals surface area contributed by atoms with Crippen LogP contribution in [0.25, 0.3) is 6.08 Å². The number of carbonyl (C=O) groups is 1.